The number of carbonyl (C=O) groups is 4. The molecule has 3 atom stereocenters. The van der Waals surface area contributed by atoms with Crippen LogP contribution in [-0.2, 0) is 16.1 Å². The van der Waals surface area contributed by atoms with Crippen LogP contribution in [0.3, 0.4) is 0 Å². The summed E-state index contributed by atoms with van der Waals surface area (Å²) in [5, 5.41) is 11.0. The lowest BCUT2D eigenvalue weighted by Gasteiger charge is -2.28. The molecule has 4 heterocycles. The molecule has 3 aromatic heterocycles. The molecule has 41 heavy (non-hydrogen) atoms. The van der Waals surface area contributed by atoms with Gasteiger partial charge >= 0.3 is 0 Å². The lowest BCUT2D eigenvalue weighted by atomic mass is 10.0. The topological polar surface area (TPSA) is 164 Å². The predicted molar refractivity (Wildman–Crippen MR) is 150 cm³/mol. The first-order chi connectivity index (χ1) is 19.4. The minimum Gasteiger partial charge on any atom is -0.443 e. The lowest BCUT2D eigenvalue weighted by Crippen LogP contribution is -2.49. The number of hydrogen-bond donors (Lipinski definition) is 3. The summed E-state index contributed by atoms with van der Waals surface area (Å²) in [6, 6.07) is -1.61. The molecule has 0 saturated carbocycles. The molecule has 220 valence electrons. The van der Waals surface area contributed by atoms with Crippen LogP contribution in [0, 0.1) is 18.8 Å². The smallest absolute Gasteiger partial charge is 0.273 e. The third-order valence-corrected chi connectivity index (χ3v) is 7.62. The van der Waals surface area contributed by atoms with E-state index in [-0.39, 0.29) is 60.6 Å². The first kappa shape index (κ1) is 29.9. The van der Waals surface area contributed by atoms with Gasteiger partial charge in [-0.2, -0.15) is 0 Å². The van der Waals surface area contributed by atoms with Crippen molar-refractivity contribution in [3.63, 3.8) is 0 Å². The average molecular weight is 585 g/mol. The summed E-state index contributed by atoms with van der Waals surface area (Å²) in [5.74, 6) is -1.26. The van der Waals surface area contributed by atoms with Crippen LogP contribution >= 0.6 is 11.3 Å². The van der Waals surface area contributed by atoms with E-state index in [4.69, 9.17) is 4.42 Å². The van der Waals surface area contributed by atoms with E-state index in [9.17, 15) is 19.2 Å². The Morgan fingerprint density at radius 3 is 2.46 bits per heavy atom. The predicted octanol–water partition coefficient (Wildman–Crippen LogP) is 2.24. The number of hydrogen-bond acceptors (Lipinski definition) is 9. The Labute approximate surface area is 242 Å². The molecule has 3 N–H and O–H groups in total. The molecule has 0 aliphatic carbocycles. The molecule has 4 rings (SSSR count). The fraction of sp³-hybridized carbons (Fsp3) is 0.519. The van der Waals surface area contributed by atoms with Gasteiger partial charge in [0.2, 0.25) is 17.7 Å². The Balaban J connectivity index is 1.70. The van der Waals surface area contributed by atoms with Crippen molar-refractivity contribution in [2.75, 3.05) is 13.1 Å². The van der Waals surface area contributed by atoms with Crippen LogP contribution in [0.4, 0.5) is 0 Å². The Hall–Kier alpha value is -4.07. The number of nitrogens with zero attached hydrogens (tertiary/aromatic N) is 5. The van der Waals surface area contributed by atoms with Gasteiger partial charge in [0.1, 0.15) is 29.0 Å². The van der Waals surface area contributed by atoms with Gasteiger partial charge in [-0.1, -0.05) is 27.7 Å². The largest absolute Gasteiger partial charge is 0.443 e. The van der Waals surface area contributed by atoms with Gasteiger partial charge in [-0.15, -0.1) is 11.3 Å². The third kappa shape index (κ3) is 7.17. The molecule has 0 aromatic carbocycles. The fourth-order valence-electron chi connectivity index (χ4n) is 4.49. The van der Waals surface area contributed by atoms with Gasteiger partial charge in [0.15, 0.2) is 5.69 Å². The Morgan fingerprint density at radius 2 is 1.80 bits per heavy atom. The van der Waals surface area contributed by atoms with Gasteiger partial charge in [-0.05, 0) is 25.7 Å². The first-order valence-corrected chi connectivity index (χ1v) is 14.4. The van der Waals surface area contributed by atoms with Crippen LogP contribution < -0.4 is 16.0 Å². The SMILES string of the molecule is Cc1oc2nc1C(=O)N[C@H](C)CN(C(=O)Cn1ccnc1)CC(=O)N[C@@H](C(C)C)c1nc(cs1)C(=O)N[C@@H]2C(C)C. The second-order valence-electron chi connectivity index (χ2n) is 10.9. The molecule has 0 saturated heterocycles. The van der Waals surface area contributed by atoms with E-state index >= 15 is 0 Å². The highest BCUT2D eigenvalue weighted by Crippen LogP contribution is 2.27. The van der Waals surface area contributed by atoms with Gasteiger partial charge < -0.3 is 29.8 Å². The zero-order valence-electron chi connectivity index (χ0n) is 24.0. The highest BCUT2D eigenvalue weighted by atomic mass is 32.1. The molecular formula is C27H36N8O5S. The highest BCUT2D eigenvalue weighted by molar-refractivity contribution is 7.09. The summed E-state index contributed by atoms with van der Waals surface area (Å²) in [4.78, 5) is 67.3. The highest BCUT2D eigenvalue weighted by Gasteiger charge is 2.31. The Kier molecular flexibility index (Phi) is 9.21. The van der Waals surface area contributed by atoms with Crippen molar-refractivity contribution in [2.45, 2.75) is 66.2 Å². The minimum absolute atomic E-state index is 0.0190. The maximum Gasteiger partial charge on any atom is 0.273 e. The van der Waals surface area contributed by atoms with E-state index in [1.807, 2.05) is 27.7 Å². The first-order valence-electron chi connectivity index (χ1n) is 13.5. The summed E-state index contributed by atoms with van der Waals surface area (Å²) in [7, 11) is 0. The van der Waals surface area contributed by atoms with E-state index in [0.29, 0.717) is 10.8 Å². The van der Waals surface area contributed by atoms with Crippen LogP contribution in [0.5, 0.6) is 0 Å². The Morgan fingerprint density at radius 1 is 1.07 bits per heavy atom. The molecule has 1 aliphatic heterocycles. The number of aromatic nitrogens is 4. The maximum absolute atomic E-state index is 13.3. The summed E-state index contributed by atoms with van der Waals surface area (Å²) in [6.45, 7) is 10.9. The summed E-state index contributed by atoms with van der Waals surface area (Å²) in [6.07, 6.45) is 4.74. The number of amides is 4. The standard InChI is InChI=1S/C27H36N8O5S/c1-14(2)21-26-33-23(17(6)40-26)25(39)29-16(5)9-35(20(37)11-34-8-7-28-13-34)10-19(36)31-22(15(3)4)27-30-18(12-41-27)24(38)32-21/h7-8,12-16,21-22H,9-11H2,1-6H3,(H,29,39)(H,31,36)(H,32,38)/t16-,21-,22+/m1/s1. The van der Waals surface area contributed by atoms with E-state index < -0.39 is 29.9 Å². The van der Waals surface area contributed by atoms with Crippen LogP contribution in [-0.4, -0.2) is 67.2 Å². The zero-order valence-corrected chi connectivity index (χ0v) is 24.8. The number of fused-ring (bicyclic) bond motifs is 4. The molecule has 4 amide bonds. The number of carbonyl (C=O) groups excluding carboxylic acids is 4. The average Bonchev–Trinajstić information content (AvgIpc) is 3.66. The number of imidazole rings is 1. The van der Waals surface area contributed by atoms with Crippen LogP contribution in [0.2, 0.25) is 0 Å². The summed E-state index contributed by atoms with van der Waals surface area (Å²) in [5.41, 5.74) is 0.279. The van der Waals surface area contributed by atoms with Crippen LogP contribution in [0.1, 0.15) is 84.3 Å². The molecule has 1 aliphatic rings. The maximum atomic E-state index is 13.3. The molecule has 13 nitrogen and oxygen atoms in total. The molecule has 0 unspecified atom stereocenters. The molecule has 0 fully saturated rings. The molecule has 14 heteroatoms. The molecule has 0 radical (unpaired) electrons. The van der Waals surface area contributed by atoms with Crippen LogP contribution in [0.25, 0.3) is 0 Å². The van der Waals surface area contributed by atoms with E-state index in [0.717, 1.165) is 0 Å². The normalized spacial score (nSPS) is 20.8. The number of rotatable bonds is 4. The van der Waals surface area contributed by atoms with Gasteiger partial charge in [-0.25, -0.2) is 15.0 Å². The van der Waals surface area contributed by atoms with Crippen molar-refractivity contribution in [1.82, 2.24) is 40.4 Å². The molecule has 0 spiro atoms. The third-order valence-electron chi connectivity index (χ3n) is 6.69. The van der Waals surface area contributed by atoms with Crippen molar-refractivity contribution >= 4 is 35.0 Å². The van der Waals surface area contributed by atoms with Crippen molar-refractivity contribution in [3.8, 4) is 0 Å². The fourth-order valence-corrected chi connectivity index (χ4v) is 5.51. The number of oxazole rings is 1. The van der Waals surface area contributed by atoms with Crippen LogP contribution in [0.15, 0.2) is 28.5 Å². The van der Waals surface area contributed by atoms with Gasteiger partial charge in [0, 0.05) is 30.4 Å². The van der Waals surface area contributed by atoms with E-state index in [1.165, 1.54) is 22.6 Å². The van der Waals surface area contributed by atoms with Crippen molar-refractivity contribution in [1.29, 1.82) is 0 Å². The molecule has 4 bridgehead atoms. The van der Waals surface area contributed by atoms with Crippen molar-refractivity contribution in [3.05, 3.63) is 52.1 Å². The molecular weight excluding hydrogens is 548 g/mol. The second-order valence-corrected chi connectivity index (χ2v) is 11.8. The number of nitrogens with one attached hydrogen (secondary N) is 3. The van der Waals surface area contributed by atoms with Crippen molar-refractivity contribution < 1.29 is 23.6 Å². The van der Waals surface area contributed by atoms with E-state index in [1.54, 1.807) is 36.2 Å². The van der Waals surface area contributed by atoms with Gasteiger partial charge in [0.25, 0.3) is 11.8 Å². The monoisotopic (exact) mass is 584 g/mol. The number of aryl methyl sites for hydroxylation is 1. The minimum atomic E-state index is -0.610. The lowest BCUT2D eigenvalue weighted by molar-refractivity contribution is -0.137. The molecule has 3 aromatic rings. The van der Waals surface area contributed by atoms with Gasteiger partial charge in [0.05, 0.1) is 18.9 Å². The quantitative estimate of drug-likeness (QED) is 0.420. The van der Waals surface area contributed by atoms with Crippen molar-refractivity contribution in [2.24, 2.45) is 11.8 Å². The van der Waals surface area contributed by atoms with E-state index in [2.05, 4.69) is 30.9 Å². The van der Waals surface area contributed by atoms with Gasteiger partial charge in [-0.3, -0.25) is 19.2 Å². The second kappa shape index (κ2) is 12.6. The summed E-state index contributed by atoms with van der Waals surface area (Å²) >= 11 is 1.27. The Bertz CT molecular complexity index is 1400. The summed E-state index contributed by atoms with van der Waals surface area (Å²) < 4.78 is 7.45. The number of thiazole rings is 1. The zero-order chi connectivity index (χ0) is 29.8.